The van der Waals surface area contributed by atoms with E-state index < -0.39 is 10.2 Å². The van der Waals surface area contributed by atoms with Gasteiger partial charge in [0.05, 0.1) is 5.69 Å². The number of rotatable bonds is 4. The van der Waals surface area contributed by atoms with Crippen LogP contribution in [0.25, 0.3) is 0 Å². The van der Waals surface area contributed by atoms with Crippen molar-refractivity contribution in [2.75, 3.05) is 10.0 Å². The molecule has 0 aromatic heterocycles. The number of hydrogen-bond acceptors (Lipinski definition) is 4. The van der Waals surface area contributed by atoms with Gasteiger partial charge in [-0.05, 0) is 31.0 Å². The third kappa shape index (κ3) is 3.58. The smallest absolute Gasteiger partial charge is 0.296 e. The van der Waals surface area contributed by atoms with Gasteiger partial charge < -0.3 is 11.1 Å². The predicted molar refractivity (Wildman–Crippen MR) is 67.8 cm³/mol. The highest BCUT2D eigenvalue weighted by Gasteiger charge is 2.25. The molecule has 1 saturated carbocycles. The second-order valence-corrected chi connectivity index (χ2v) is 5.59. The Morgan fingerprint density at radius 2 is 1.88 bits per heavy atom. The lowest BCUT2D eigenvalue weighted by Gasteiger charge is -2.33. The molecule has 6 nitrogen and oxygen atoms in total. The molecule has 6 N–H and O–H groups in total. The van der Waals surface area contributed by atoms with Crippen LogP contribution in [0.1, 0.15) is 12.8 Å². The summed E-state index contributed by atoms with van der Waals surface area (Å²) in [5.41, 5.74) is 6.99. The second kappa shape index (κ2) is 4.52. The summed E-state index contributed by atoms with van der Waals surface area (Å²) < 4.78 is 24.0. The molecule has 1 aromatic carbocycles. The van der Waals surface area contributed by atoms with Crippen molar-refractivity contribution in [1.82, 2.24) is 0 Å². The summed E-state index contributed by atoms with van der Waals surface area (Å²) in [5.74, 6) is 0. The average molecular weight is 256 g/mol. The van der Waals surface area contributed by atoms with Crippen LogP contribution in [0.5, 0.6) is 0 Å². The molecular formula is C10H16N4O2S. The first-order chi connectivity index (χ1) is 7.92. The van der Waals surface area contributed by atoms with Crippen LogP contribution >= 0.6 is 0 Å². The maximum absolute atomic E-state index is 10.9. The minimum Gasteiger partial charge on any atom is -0.382 e. The Morgan fingerprint density at radius 3 is 2.47 bits per heavy atom. The quantitative estimate of drug-likeness (QED) is 0.617. The number of nitrogens with one attached hydrogen (secondary N) is 2. The highest BCUT2D eigenvalue weighted by atomic mass is 32.2. The molecule has 1 aliphatic rings. The lowest BCUT2D eigenvalue weighted by molar-refractivity contribution is 0.374. The van der Waals surface area contributed by atoms with Crippen LogP contribution in [0.3, 0.4) is 0 Å². The fourth-order valence-electron chi connectivity index (χ4n) is 1.85. The van der Waals surface area contributed by atoms with Crippen LogP contribution in [0.15, 0.2) is 24.3 Å². The summed E-state index contributed by atoms with van der Waals surface area (Å²) >= 11 is 0. The summed E-state index contributed by atoms with van der Waals surface area (Å²) in [6.07, 6.45) is 1.87. The Morgan fingerprint density at radius 1 is 1.24 bits per heavy atom. The normalized spacial score (nSPS) is 23.9. The SMILES string of the molecule is NC1CC(Nc2cccc(NS(N)(=O)=O)c2)C1. The second-order valence-electron chi connectivity index (χ2n) is 4.30. The van der Waals surface area contributed by atoms with Crippen LogP contribution in [-0.4, -0.2) is 20.5 Å². The maximum atomic E-state index is 10.9. The molecule has 0 spiro atoms. The molecule has 17 heavy (non-hydrogen) atoms. The van der Waals surface area contributed by atoms with E-state index in [0.717, 1.165) is 18.5 Å². The van der Waals surface area contributed by atoms with Gasteiger partial charge in [-0.1, -0.05) is 6.07 Å². The number of anilines is 2. The molecule has 0 heterocycles. The third-order valence-electron chi connectivity index (χ3n) is 2.67. The molecule has 1 aliphatic carbocycles. The van der Waals surface area contributed by atoms with Gasteiger partial charge in [-0.25, -0.2) is 5.14 Å². The summed E-state index contributed by atoms with van der Waals surface area (Å²) in [6.45, 7) is 0. The fraction of sp³-hybridized carbons (Fsp3) is 0.400. The van der Waals surface area contributed by atoms with Gasteiger partial charge in [-0.2, -0.15) is 8.42 Å². The van der Waals surface area contributed by atoms with E-state index in [-0.39, 0.29) is 6.04 Å². The maximum Gasteiger partial charge on any atom is 0.296 e. The summed E-state index contributed by atoms with van der Waals surface area (Å²) in [7, 11) is -3.72. The van der Waals surface area contributed by atoms with E-state index in [1.807, 2.05) is 6.07 Å². The van der Waals surface area contributed by atoms with Crippen molar-refractivity contribution in [1.29, 1.82) is 0 Å². The zero-order valence-electron chi connectivity index (χ0n) is 9.26. The Labute approximate surface area is 101 Å². The first-order valence-corrected chi connectivity index (χ1v) is 6.90. The van der Waals surface area contributed by atoms with Crippen molar-refractivity contribution < 1.29 is 8.42 Å². The molecule has 0 atom stereocenters. The highest BCUT2D eigenvalue weighted by Crippen LogP contribution is 2.24. The van der Waals surface area contributed by atoms with E-state index in [4.69, 9.17) is 10.9 Å². The number of hydrogen-bond donors (Lipinski definition) is 4. The van der Waals surface area contributed by atoms with Crippen LogP contribution in [0.4, 0.5) is 11.4 Å². The summed E-state index contributed by atoms with van der Waals surface area (Å²) in [6, 6.07) is 7.62. The minimum atomic E-state index is -3.72. The van der Waals surface area contributed by atoms with E-state index >= 15 is 0 Å². The van der Waals surface area contributed by atoms with Gasteiger partial charge in [0.2, 0.25) is 0 Å². The molecule has 0 unspecified atom stereocenters. The zero-order chi connectivity index (χ0) is 12.5. The molecule has 0 aliphatic heterocycles. The van der Waals surface area contributed by atoms with Crippen LogP contribution < -0.4 is 20.9 Å². The van der Waals surface area contributed by atoms with Gasteiger partial charge >= 0.3 is 0 Å². The largest absolute Gasteiger partial charge is 0.382 e. The van der Waals surface area contributed by atoms with Crippen molar-refractivity contribution in [3.05, 3.63) is 24.3 Å². The van der Waals surface area contributed by atoms with Crippen molar-refractivity contribution in [3.8, 4) is 0 Å². The number of benzene rings is 1. The molecule has 94 valence electrons. The van der Waals surface area contributed by atoms with E-state index in [2.05, 4.69) is 10.0 Å². The monoisotopic (exact) mass is 256 g/mol. The van der Waals surface area contributed by atoms with Gasteiger partial charge in [0.15, 0.2) is 0 Å². The number of nitrogens with two attached hydrogens (primary N) is 2. The van der Waals surface area contributed by atoms with Crippen LogP contribution in [-0.2, 0) is 10.2 Å². The Balaban J connectivity index is 2.01. The van der Waals surface area contributed by atoms with Crippen molar-refractivity contribution in [3.63, 3.8) is 0 Å². The lowest BCUT2D eigenvalue weighted by atomic mass is 9.87. The first-order valence-electron chi connectivity index (χ1n) is 5.35. The molecule has 0 amide bonds. The average Bonchev–Trinajstić information content (AvgIpc) is 2.13. The zero-order valence-corrected chi connectivity index (χ0v) is 10.1. The van der Waals surface area contributed by atoms with E-state index in [9.17, 15) is 8.42 Å². The molecule has 0 bridgehead atoms. The molecule has 1 fully saturated rings. The fourth-order valence-corrected chi connectivity index (χ4v) is 2.31. The standard InChI is InChI=1S/C10H16N4O2S/c11-7-4-10(5-7)13-8-2-1-3-9(6-8)14-17(12,15)16/h1-3,6-7,10,13-14H,4-5,11H2,(H2,12,15,16). The summed E-state index contributed by atoms with van der Waals surface area (Å²) in [5, 5.41) is 8.18. The topological polar surface area (TPSA) is 110 Å². The minimum absolute atomic E-state index is 0.276. The van der Waals surface area contributed by atoms with Crippen molar-refractivity contribution in [2.24, 2.45) is 10.9 Å². The van der Waals surface area contributed by atoms with Gasteiger partial charge in [0, 0.05) is 17.8 Å². The van der Waals surface area contributed by atoms with Gasteiger partial charge in [-0.3, -0.25) is 4.72 Å². The van der Waals surface area contributed by atoms with E-state index in [1.165, 1.54) is 0 Å². The molecule has 2 rings (SSSR count). The molecular weight excluding hydrogens is 240 g/mol. The Kier molecular flexibility index (Phi) is 3.23. The van der Waals surface area contributed by atoms with Crippen LogP contribution in [0, 0.1) is 0 Å². The molecule has 7 heteroatoms. The highest BCUT2D eigenvalue weighted by molar-refractivity contribution is 7.90. The Bertz CT molecular complexity index is 497. The van der Waals surface area contributed by atoms with Crippen LogP contribution in [0.2, 0.25) is 0 Å². The van der Waals surface area contributed by atoms with E-state index in [0.29, 0.717) is 11.7 Å². The van der Waals surface area contributed by atoms with E-state index in [1.54, 1.807) is 18.2 Å². The van der Waals surface area contributed by atoms with Gasteiger partial charge in [0.1, 0.15) is 0 Å². The lowest BCUT2D eigenvalue weighted by Crippen LogP contribution is -2.44. The first kappa shape index (κ1) is 12.2. The predicted octanol–water partition coefficient (Wildman–Crippen LogP) is 0.204. The Hall–Kier alpha value is -1.31. The third-order valence-corrected chi connectivity index (χ3v) is 3.19. The van der Waals surface area contributed by atoms with Crippen molar-refractivity contribution >= 4 is 21.6 Å². The molecule has 0 radical (unpaired) electrons. The van der Waals surface area contributed by atoms with Crippen molar-refractivity contribution in [2.45, 2.75) is 24.9 Å². The molecule has 0 saturated heterocycles. The van der Waals surface area contributed by atoms with Gasteiger partial charge in [0.25, 0.3) is 10.2 Å². The molecule has 1 aromatic rings. The summed E-state index contributed by atoms with van der Waals surface area (Å²) in [4.78, 5) is 0. The van der Waals surface area contributed by atoms with Gasteiger partial charge in [-0.15, -0.1) is 0 Å².